The van der Waals surface area contributed by atoms with Crippen LogP contribution in [0.1, 0.15) is 17.5 Å². The van der Waals surface area contributed by atoms with Crippen LogP contribution < -0.4 is 10.1 Å². The van der Waals surface area contributed by atoms with Crippen LogP contribution in [-0.4, -0.2) is 30.1 Å². The number of hydrogen-bond donors (Lipinski definition) is 2. The lowest BCUT2D eigenvalue weighted by molar-refractivity contribution is -0.140. The number of hydrogen-bond acceptors (Lipinski definition) is 3. The van der Waals surface area contributed by atoms with Crippen molar-refractivity contribution in [1.82, 2.24) is 5.32 Å². The van der Waals surface area contributed by atoms with Gasteiger partial charge in [-0.1, -0.05) is 12.1 Å². The van der Waals surface area contributed by atoms with Gasteiger partial charge in [0.2, 0.25) is 5.91 Å². The zero-order chi connectivity index (χ0) is 13.0. The third-order valence-electron chi connectivity index (χ3n) is 2.80. The first-order valence-corrected chi connectivity index (χ1v) is 5.88. The molecule has 2 rings (SSSR count). The Morgan fingerprint density at radius 1 is 1.39 bits per heavy atom. The number of benzene rings is 1. The molecule has 18 heavy (non-hydrogen) atoms. The number of carboxylic acid groups (broad SMARTS) is 1. The minimum absolute atomic E-state index is 0.450. The van der Waals surface area contributed by atoms with Crippen molar-refractivity contribution in [2.45, 2.75) is 19.3 Å². The molecule has 1 amide bonds. The molecule has 0 radical (unpaired) electrons. The van der Waals surface area contributed by atoms with Crippen molar-refractivity contribution in [2.24, 2.45) is 0 Å². The van der Waals surface area contributed by atoms with E-state index < -0.39 is 18.3 Å². The summed E-state index contributed by atoms with van der Waals surface area (Å²) < 4.78 is 5.40. The van der Waals surface area contributed by atoms with E-state index in [4.69, 9.17) is 9.84 Å². The summed E-state index contributed by atoms with van der Waals surface area (Å²) in [6, 6.07) is 5.98. The standard InChI is InChI=1S/C13H15NO4/c15-12(8-13(16)17)14-5-3-9-1-2-11-10(7-9)4-6-18-11/h1-2,7H,3-6,8H2,(H,14,15)(H,16,17). The summed E-state index contributed by atoms with van der Waals surface area (Å²) in [6.07, 6.45) is 1.14. The topological polar surface area (TPSA) is 75.6 Å². The van der Waals surface area contributed by atoms with E-state index in [1.165, 1.54) is 5.56 Å². The van der Waals surface area contributed by atoms with Crippen LogP contribution in [0.4, 0.5) is 0 Å². The highest BCUT2D eigenvalue weighted by Gasteiger charge is 2.12. The number of ether oxygens (including phenoxy) is 1. The Morgan fingerprint density at radius 2 is 2.22 bits per heavy atom. The van der Waals surface area contributed by atoms with Gasteiger partial charge in [0, 0.05) is 13.0 Å². The molecule has 96 valence electrons. The highest BCUT2D eigenvalue weighted by molar-refractivity contribution is 5.93. The zero-order valence-corrected chi connectivity index (χ0v) is 9.94. The summed E-state index contributed by atoms with van der Waals surface area (Å²) in [5.41, 5.74) is 2.32. The second-order valence-corrected chi connectivity index (χ2v) is 4.21. The molecule has 0 saturated carbocycles. The summed E-state index contributed by atoms with van der Waals surface area (Å²) in [6.45, 7) is 1.18. The van der Waals surface area contributed by atoms with E-state index in [2.05, 4.69) is 11.4 Å². The summed E-state index contributed by atoms with van der Waals surface area (Å²) in [5.74, 6) is -0.622. The Balaban J connectivity index is 1.80. The second kappa shape index (κ2) is 5.53. The van der Waals surface area contributed by atoms with Gasteiger partial charge in [0.15, 0.2) is 0 Å². The predicted molar refractivity (Wildman–Crippen MR) is 64.6 cm³/mol. The van der Waals surface area contributed by atoms with Crippen molar-refractivity contribution in [3.05, 3.63) is 29.3 Å². The smallest absolute Gasteiger partial charge is 0.312 e. The normalized spacial score (nSPS) is 12.7. The summed E-state index contributed by atoms with van der Waals surface area (Å²) >= 11 is 0. The molecule has 0 saturated heterocycles. The van der Waals surface area contributed by atoms with Crippen LogP contribution in [0.2, 0.25) is 0 Å². The minimum Gasteiger partial charge on any atom is -0.493 e. The lowest BCUT2D eigenvalue weighted by Crippen LogP contribution is -2.27. The summed E-state index contributed by atoms with van der Waals surface area (Å²) in [5, 5.41) is 11.0. The lowest BCUT2D eigenvalue weighted by atomic mass is 10.1. The quantitative estimate of drug-likeness (QED) is 0.755. The monoisotopic (exact) mass is 249 g/mol. The van der Waals surface area contributed by atoms with Gasteiger partial charge in [-0.2, -0.15) is 0 Å². The number of nitrogens with one attached hydrogen (secondary N) is 1. The number of carboxylic acids is 1. The Kier molecular flexibility index (Phi) is 3.82. The number of carbonyl (C=O) groups is 2. The van der Waals surface area contributed by atoms with Crippen molar-refractivity contribution in [3.8, 4) is 5.75 Å². The first-order valence-electron chi connectivity index (χ1n) is 5.88. The number of aliphatic carboxylic acids is 1. The molecule has 0 unspecified atom stereocenters. The molecule has 0 aromatic heterocycles. The molecule has 1 aromatic carbocycles. The van der Waals surface area contributed by atoms with Crippen molar-refractivity contribution < 1.29 is 19.4 Å². The maximum Gasteiger partial charge on any atom is 0.312 e. The van der Waals surface area contributed by atoms with Crippen molar-refractivity contribution in [3.63, 3.8) is 0 Å². The Labute approximate surface area is 105 Å². The van der Waals surface area contributed by atoms with Gasteiger partial charge in [0.05, 0.1) is 6.61 Å². The summed E-state index contributed by atoms with van der Waals surface area (Å²) in [7, 11) is 0. The largest absolute Gasteiger partial charge is 0.493 e. The maximum absolute atomic E-state index is 11.1. The highest BCUT2D eigenvalue weighted by atomic mass is 16.5. The molecule has 5 nitrogen and oxygen atoms in total. The van der Waals surface area contributed by atoms with Gasteiger partial charge in [-0.3, -0.25) is 9.59 Å². The van der Waals surface area contributed by atoms with E-state index >= 15 is 0 Å². The van der Waals surface area contributed by atoms with Crippen LogP contribution in [0.5, 0.6) is 5.75 Å². The fourth-order valence-corrected chi connectivity index (χ4v) is 1.94. The van der Waals surface area contributed by atoms with E-state index in [0.717, 1.165) is 24.3 Å². The average Bonchev–Trinajstić information content (AvgIpc) is 2.75. The average molecular weight is 249 g/mol. The molecule has 0 fully saturated rings. The van der Waals surface area contributed by atoms with Crippen molar-refractivity contribution in [2.75, 3.05) is 13.2 Å². The molecule has 1 aromatic rings. The molecular formula is C13H15NO4. The molecule has 2 N–H and O–H groups in total. The maximum atomic E-state index is 11.1. The van der Waals surface area contributed by atoms with Gasteiger partial charge < -0.3 is 15.2 Å². The first kappa shape index (κ1) is 12.4. The van der Waals surface area contributed by atoms with Gasteiger partial charge in [-0.25, -0.2) is 0 Å². The van der Waals surface area contributed by atoms with E-state index in [1.807, 2.05) is 12.1 Å². The molecule has 0 aliphatic carbocycles. The van der Waals surface area contributed by atoms with Gasteiger partial charge in [0.25, 0.3) is 0 Å². The number of rotatable bonds is 5. The predicted octanol–water partition coefficient (Wildman–Crippen LogP) is 0.755. The molecule has 1 aliphatic rings. The fourth-order valence-electron chi connectivity index (χ4n) is 1.94. The zero-order valence-electron chi connectivity index (χ0n) is 9.94. The van der Waals surface area contributed by atoms with Crippen LogP contribution in [0.15, 0.2) is 18.2 Å². The molecule has 0 bridgehead atoms. The molecule has 5 heteroatoms. The van der Waals surface area contributed by atoms with Crippen LogP contribution in [-0.2, 0) is 22.4 Å². The van der Waals surface area contributed by atoms with E-state index in [9.17, 15) is 9.59 Å². The molecule has 1 heterocycles. The van der Waals surface area contributed by atoms with Crippen LogP contribution in [0.3, 0.4) is 0 Å². The van der Waals surface area contributed by atoms with E-state index in [-0.39, 0.29) is 0 Å². The van der Waals surface area contributed by atoms with E-state index in [0.29, 0.717) is 13.0 Å². The van der Waals surface area contributed by atoms with Crippen LogP contribution in [0, 0.1) is 0 Å². The third kappa shape index (κ3) is 3.23. The van der Waals surface area contributed by atoms with Gasteiger partial charge in [0.1, 0.15) is 12.2 Å². The van der Waals surface area contributed by atoms with Crippen LogP contribution in [0.25, 0.3) is 0 Å². The molecule has 0 atom stereocenters. The molecule has 0 spiro atoms. The van der Waals surface area contributed by atoms with Crippen molar-refractivity contribution in [1.29, 1.82) is 0 Å². The third-order valence-corrected chi connectivity index (χ3v) is 2.80. The van der Waals surface area contributed by atoms with Gasteiger partial charge >= 0.3 is 5.97 Å². The minimum atomic E-state index is -1.11. The fraction of sp³-hybridized carbons (Fsp3) is 0.385. The SMILES string of the molecule is O=C(O)CC(=O)NCCc1ccc2c(c1)CCO2. The number of amides is 1. The van der Waals surface area contributed by atoms with Gasteiger partial charge in [-0.05, 0) is 23.6 Å². The summed E-state index contributed by atoms with van der Waals surface area (Å²) in [4.78, 5) is 21.4. The lowest BCUT2D eigenvalue weighted by Gasteiger charge is -2.05. The first-order chi connectivity index (χ1) is 8.65. The Hall–Kier alpha value is -2.04. The number of carbonyl (C=O) groups excluding carboxylic acids is 1. The van der Waals surface area contributed by atoms with E-state index in [1.54, 1.807) is 0 Å². The van der Waals surface area contributed by atoms with Crippen molar-refractivity contribution >= 4 is 11.9 Å². The molecular weight excluding hydrogens is 234 g/mol. The number of fused-ring (bicyclic) bond motifs is 1. The highest BCUT2D eigenvalue weighted by Crippen LogP contribution is 2.25. The second-order valence-electron chi connectivity index (χ2n) is 4.21. The molecule has 1 aliphatic heterocycles. The van der Waals surface area contributed by atoms with Gasteiger partial charge in [-0.15, -0.1) is 0 Å². The Morgan fingerprint density at radius 3 is 3.00 bits per heavy atom. The Bertz CT molecular complexity index is 470. The van der Waals surface area contributed by atoms with Crippen LogP contribution >= 0.6 is 0 Å².